The van der Waals surface area contributed by atoms with Gasteiger partial charge in [-0.15, -0.1) is 5.10 Å². The minimum Gasteiger partial charge on any atom is -0.472 e. The van der Waals surface area contributed by atoms with Crippen molar-refractivity contribution in [2.45, 2.75) is 0 Å². The summed E-state index contributed by atoms with van der Waals surface area (Å²) in [6, 6.07) is 10.6. The summed E-state index contributed by atoms with van der Waals surface area (Å²) in [5.41, 5.74) is 2.31. The molecule has 108 valence electrons. The van der Waals surface area contributed by atoms with Gasteiger partial charge in [-0.25, -0.2) is 4.52 Å². The number of carbonyl (C=O) groups is 1. The van der Waals surface area contributed by atoms with E-state index in [1.165, 1.54) is 6.26 Å². The third kappa shape index (κ3) is 2.05. The molecule has 0 aliphatic rings. The van der Waals surface area contributed by atoms with Crippen molar-refractivity contribution in [1.82, 2.24) is 14.6 Å². The summed E-state index contributed by atoms with van der Waals surface area (Å²) in [6.45, 7) is 0. The fourth-order valence-electron chi connectivity index (χ4n) is 2.16. The maximum Gasteiger partial charge on any atom is 0.293 e. The lowest BCUT2D eigenvalue weighted by Gasteiger charge is -1.99. The highest BCUT2D eigenvalue weighted by Crippen LogP contribution is 2.21. The molecule has 7 heteroatoms. The number of fused-ring (bicyclic) bond motifs is 1. The van der Waals surface area contributed by atoms with Gasteiger partial charge in [0.2, 0.25) is 5.95 Å². The fourth-order valence-corrected chi connectivity index (χ4v) is 2.16. The number of nitrogens with zero attached hydrogens (tertiary/aromatic N) is 3. The molecule has 7 nitrogen and oxygen atoms in total. The maximum atomic E-state index is 12.0. The van der Waals surface area contributed by atoms with Gasteiger partial charge in [-0.2, -0.15) is 4.98 Å². The van der Waals surface area contributed by atoms with Crippen molar-refractivity contribution in [2.75, 3.05) is 5.32 Å². The van der Waals surface area contributed by atoms with Crippen LogP contribution in [0.15, 0.2) is 64.0 Å². The number of rotatable bonds is 3. The minimum atomic E-state index is -0.397. The first kappa shape index (κ1) is 12.4. The molecule has 0 atom stereocenters. The van der Waals surface area contributed by atoms with Crippen LogP contribution < -0.4 is 5.32 Å². The van der Waals surface area contributed by atoms with Crippen LogP contribution in [0.1, 0.15) is 10.6 Å². The van der Waals surface area contributed by atoms with Crippen molar-refractivity contribution in [3.05, 3.63) is 60.9 Å². The summed E-state index contributed by atoms with van der Waals surface area (Å²) in [5, 5.41) is 6.92. The molecular weight excluding hydrogens is 284 g/mol. The van der Waals surface area contributed by atoms with Gasteiger partial charge in [0.05, 0.1) is 24.5 Å². The zero-order chi connectivity index (χ0) is 14.9. The van der Waals surface area contributed by atoms with E-state index in [9.17, 15) is 4.79 Å². The van der Waals surface area contributed by atoms with Crippen molar-refractivity contribution in [3.8, 4) is 11.3 Å². The number of pyridine rings is 1. The van der Waals surface area contributed by atoms with Gasteiger partial charge in [0.25, 0.3) is 5.91 Å². The second-order valence-electron chi connectivity index (χ2n) is 4.56. The number of carbonyl (C=O) groups excluding carboxylic acids is 1. The van der Waals surface area contributed by atoms with E-state index >= 15 is 0 Å². The van der Waals surface area contributed by atoms with E-state index in [1.807, 2.05) is 18.2 Å². The molecule has 1 amide bonds. The molecule has 22 heavy (non-hydrogen) atoms. The summed E-state index contributed by atoms with van der Waals surface area (Å²) < 4.78 is 11.8. The van der Waals surface area contributed by atoms with Crippen LogP contribution in [-0.2, 0) is 0 Å². The van der Waals surface area contributed by atoms with Gasteiger partial charge in [0.15, 0.2) is 11.4 Å². The smallest absolute Gasteiger partial charge is 0.293 e. The number of aromatic nitrogens is 3. The lowest BCUT2D eigenvalue weighted by molar-refractivity contribution is 0.0996. The third-order valence-corrected chi connectivity index (χ3v) is 3.15. The van der Waals surface area contributed by atoms with Crippen LogP contribution in [0, 0.1) is 0 Å². The first-order chi connectivity index (χ1) is 10.8. The van der Waals surface area contributed by atoms with E-state index in [4.69, 9.17) is 8.83 Å². The van der Waals surface area contributed by atoms with Gasteiger partial charge < -0.3 is 8.83 Å². The van der Waals surface area contributed by atoms with Crippen molar-refractivity contribution < 1.29 is 13.6 Å². The second-order valence-corrected chi connectivity index (χ2v) is 4.56. The Labute approximate surface area is 124 Å². The number of furan rings is 2. The molecule has 0 aliphatic carbocycles. The zero-order valence-electron chi connectivity index (χ0n) is 11.3. The number of nitrogens with one attached hydrogen (secondary N) is 1. The minimum absolute atomic E-state index is 0.203. The van der Waals surface area contributed by atoms with Gasteiger partial charge >= 0.3 is 0 Å². The summed E-state index contributed by atoms with van der Waals surface area (Å²) in [7, 11) is 0. The molecule has 0 bridgehead atoms. The summed E-state index contributed by atoms with van der Waals surface area (Å²) in [6.07, 6.45) is 4.64. The average molecular weight is 294 g/mol. The SMILES string of the molecule is O=C(Nc1nc2cccc(-c3ccoc3)n2n1)c1ccco1. The Morgan fingerprint density at radius 3 is 2.86 bits per heavy atom. The number of hydrogen-bond acceptors (Lipinski definition) is 5. The summed E-state index contributed by atoms with van der Waals surface area (Å²) in [4.78, 5) is 16.2. The first-order valence-corrected chi connectivity index (χ1v) is 6.54. The van der Waals surface area contributed by atoms with E-state index in [0.29, 0.717) is 5.65 Å². The Hall–Kier alpha value is -3.35. The van der Waals surface area contributed by atoms with Crippen LogP contribution >= 0.6 is 0 Å². The van der Waals surface area contributed by atoms with E-state index in [1.54, 1.807) is 35.2 Å². The third-order valence-electron chi connectivity index (χ3n) is 3.15. The van der Waals surface area contributed by atoms with Crippen LogP contribution in [-0.4, -0.2) is 20.5 Å². The van der Waals surface area contributed by atoms with E-state index in [0.717, 1.165) is 11.3 Å². The Kier molecular flexibility index (Phi) is 2.75. The maximum absolute atomic E-state index is 12.0. The molecule has 4 aromatic rings. The van der Waals surface area contributed by atoms with E-state index < -0.39 is 5.91 Å². The highest BCUT2D eigenvalue weighted by atomic mass is 16.3. The Morgan fingerprint density at radius 1 is 1.14 bits per heavy atom. The van der Waals surface area contributed by atoms with E-state index in [-0.39, 0.29) is 11.7 Å². The van der Waals surface area contributed by atoms with Crippen LogP contribution in [0.5, 0.6) is 0 Å². The molecule has 1 N–H and O–H groups in total. The first-order valence-electron chi connectivity index (χ1n) is 6.54. The second kappa shape index (κ2) is 4.88. The predicted octanol–water partition coefficient (Wildman–Crippen LogP) is 2.83. The molecule has 0 fully saturated rings. The van der Waals surface area contributed by atoms with Crippen LogP contribution in [0.3, 0.4) is 0 Å². The normalized spacial score (nSPS) is 10.9. The predicted molar refractivity (Wildman–Crippen MR) is 77.4 cm³/mol. The number of hydrogen-bond donors (Lipinski definition) is 1. The van der Waals surface area contributed by atoms with Crippen molar-refractivity contribution >= 4 is 17.5 Å². The highest BCUT2D eigenvalue weighted by Gasteiger charge is 2.14. The monoisotopic (exact) mass is 294 g/mol. The van der Waals surface area contributed by atoms with Crippen molar-refractivity contribution in [1.29, 1.82) is 0 Å². The Morgan fingerprint density at radius 2 is 2.09 bits per heavy atom. The molecule has 4 rings (SSSR count). The molecule has 4 heterocycles. The van der Waals surface area contributed by atoms with Crippen LogP contribution in [0.25, 0.3) is 16.9 Å². The van der Waals surface area contributed by atoms with Gasteiger partial charge in [0.1, 0.15) is 0 Å². The molecule has 0 unspecified atom stereocenters. The molecular formula is C15H10N4O3. The molecule has 0 saturated heterocycles. The standard InChI is InChI=1S/C15H10N4O3/c20-14(12-4-2-7-22-12)17-15-16-13-5-1-3-11(19(13)18-15)10-6-8-21-9-10/h1-9H,(H,17,18,20). The van der Waals surface area contributed by atoms with Crippen LogP contribution in [0.4, 0.5) is 5.95 Å². The van der Waals surface area contributed by atoms with Gasteiger partial charge in [-0.1, -0.05) is 6.07 Å². The molecule has 0 saturated carbocycles. The zero-order valence-corrected chi connectivity index (χ0v) is 11.3. The van der Waals surface area contributed by atoms with Gasteiger partial charge in [-0.05, 0) is 30.3 Å². The quantitative estimate of drug-likeness (QED) is 0.628. The lowest BCUT2D eigenvalue weighted by atomic mass is 10.2. The summed E-state index contributed by atoms with van der Waals surface area (Å²) >= 11 is 0. The lowest BCUT2D eigenvalue weighted by Crippen LogP contribution is -2.12. The number of anilines is 1. The fraction of sp³-hybridized carbons (Fsp3) is 0. The van der Waals surface area contributed by atoms with Crippen LogP contribution in [0.2, 0.25) is 0 Å². The molecule has 0 aliphatic heterocycles. The highest BCUT2D eigenvalue weighted by molar-refractivity contribution is 6.01. The Bertz CT molecular complexity index is 923. The molecule has 0 aromatic carbocycles. The van der Waals surface area contributed by atoms with Crippen molar-refractivity contribution in [2.24, 2.45) is 0 Å². The molecule has 0 radical (unpaired) electrons. The van der Waals surface area contributed by atoms with Crippen molar-refractivity contribution in [3.63, 3.8) is 0 Å². The average Bonchev–Trinajstić information content (AvgIpc) is 3.26. The summed E-state index contributed by atoms with van der Waals surface area (Å²) in [5.74, 6) is 0.0111. The topological polar surface area (TPSA) is 85.6 Å². The van der Waals surface area contributed by atoms with Gasteiger partial charge in [-0.3, -0.25) is 10.1 Å². The largest absolute Gasteiger partial charge is 0.472 e. The van der Waals surface area contributed by atoms with Gasteiger partial charge in [0, 0.05) is 5.56 Å². The number of amides is 1. The van der Waals surface area contributed by atoms with E-state index in [2.05, 4.69) is 15.4 Å². The Balaban J connectivity index is 1.72. The molecule has 4 aromatic heterocycles. The molecule has 0 spiro atoms.